The average Bonchev–Trinajstić information content (AvgIpc) is 2.70. The van der Waals surface area contributed by atoms with Crippen LogP contribution < -0.4 is 4.90 Å². The summed E-state index contributed by atoms with van der Waals surface area (Å²) in [4.78, 5) is 44.5. The standard InChI is InChI=1S/C19H25N3O4S/c1-2-26-19(25)14-6-4-10-21(12-14)16(23)8-5-11-22-15-7-3-9-20-18(15)27-13-17(22)24/h3,7,9,14H,2,4-6,8,10-13H2,1H3/t14-/m0/s1. The van der Waals surface area contributed by atoms with E-state index in [0.717, 1.165) is 23.6 Å². The van der Waals surface area contributed by atoms with Gasteiger partial charge < -0.3 is 14.5 Å². The number of fused-ring (bicyclic) bond motifs is 1. The Labute approximate surface area is 163 Å². The van der Waals surface area contributed by atoms with Crippen molar-refractivity contribution in [2.45, 2.75) is 37.6 Å². The van der Waals surface area contributed by atoms with Crippen molar-refractivity contribution in [3.8, 4) is 0 Å². The quantitative estimate of drug-likeness (QED) is 0.691. The first-order valence-electron chi connectivity index (χ1n) is 9.42. The Morgan fingerprint density at radius 3 is 3.07 bits per heavy atom. The van der Waals surface area contributed by atoms with Crippen molar-refractivity contribution in [1.29, 1.82) is 0 Å². The molecule has 7 nitrogen and oxygen atoms in total. The predicted molar refractivity (Wildman–Crippen MR) is 102 cm³/mol. The van der Waals surface area contributed by atoms with Gasteiger partial charge in [0.25, 0.3) is 0 Å². The molecular formula is C19H25N3O4S. The highest BCUT2D eigenvalue weighted by atomic mass is 32.2. The second-order valence-electron chi connectivity index (χ2n) is 6.70. The molecule has 0 spiro atoms. The van der Waals surface area contributed by atoms with Gasteiger partial charge >= 0.3 is 5.97 Å². The van der Waals surface area contributed by atoms with Crippen molar-refractivity contribution in [2.75, 3.05) is 36.9 Å². The minimum atomic E-state index is -0.221. The number of carbonyl (C=O) groups is 3. The van der Waals surface area contributed by atoms with E-state index in [1.807, 2.05) is 12.1 Å². The summed E-state index contributed by atoms with van der Waals surface area (Å²) in [5, 5.41) is 0.858. The van der Waals surface area contributed by atoms with Crippen molar-refractivity contribution in [1.82, 2.24) is 9.88 Å². The summed E-state index contributed by atoms with van der Waals surface area (Å²) in [5.41, 5.74) is 0.826. The van der Waals surface area contributed by atoms with Crippen molar-refractivity contribution in [2.24, 2.45) is 5.92 Å². The van der Waals surface area contributed by atoms with Gasteiger partial charge in [-0.15, -0.1) is 0 Å². The fourth-order valence-corrected chi connectivity index (χ4v) is 4.37. The summed E-state index contributed by atoms with van der Waals surface area (Å²) in [6.07, 6.45) is 4.26. The smallest absolute Gasteiger partial charge is 0.310 e. The molecule has 0 aliphatic carbocycles. The number of hydrogen-bond acceptors (Lipinski definition) is 6. The molecule has 0 aromatic carbocycles. The fraction of sp³-hybridized carbons (Fsp3) is 0.579. The molecule has 1 saturated heterocycles. The molecule has 2 amide bonds. The van der Waals surface area contributed by atoms with E-state index >= 15 is 0 Å². The molecule has 3 heterocycles. The third kappa shape index (κ3) is 4.80. The van der Waals surface area contributed by atoms with Crippen LogP contribution in [0.25, 0.3) is 0 Å². The molecule has 0 N–H and O–H groups in total. The van der Waals surface area contributed by atoms with Crippen LogP contribution in [0.5, 0.6) is 0 Å². The summed E-state index contributed by atoms with van der Waals surface area (Å²) in [7, 11) is 0. The van der Waals surface area contributed by atoms with E-state index in [1.165, 1.54) is 11.8 Å². The zero-order valence-electron chi connectivity index (χ0n) is 15.6. The highest BCUT2D eigenvalue weighted by Crippen LogP contribution is 2.33. The van der Waals surface area contributed by atoms with Crippen LogP contribution in [-0.4, -0.2) is 59.7 Å². The maximum Gasteiger partial charge on any atom is 0.310 e. The number of rotatable bonds is 6. The first kappa shape index (κ1) is 19.7. The van der Waals surface area contributed by atoms with Gasteiger partial charge in [-0.3, -0.25) is 14.4 Å². The van der Waals surface area contributed by atoms with Crippen molar-refractivity contribution in [3.63, 3.8) is 0 Å². The molecule has 1 aromatic heterocycles. The minimum absolute atomic E-state index is 0.0363. The van der Waals surface area contributed by atoms with E-state index in [-0.39, 0.29) is 23.7 Å². The number of likely N-dealkylation sites (tertiary alicyclic amines) is 1. The van der Waals surface area contributed by atoms with E-state index in [2.05, 4.69) is 4.98 Å². The molecule has 8 heteroatoms. The van der Waals surface area contributed by atoms with Crippen molar-refractivity contribution < 1.29 is 19.1 Å². The molecule has 27 heavy (non-hydrogen) atoms. The zero-order valence-corrected chi connectivity index (χ0v) is 16.4. The Bertz CT molecular complexity index is 712. The predicted octanol–water partition coefficient (Wildman–Crippen LogP) is 2.10. The van der Waals surface area contributed by atoms with Gasteiger partial charge in [0.2, 0.25) is 11.8 Å². The maximum absolute atomic E-state index is 12.5. The van der Waals surface area contributed by atoms with Crippen molar-refractivity contribution >= 4 is 35.2 Å². The van der Waals surface area contributed by atoms with Gasteiger partial charge in [0, 0.05) is 32.3 Å². The summed E-state index contributed by atoms with van der Waals surface area (Å²) in [6.45, 7) is 3.77. The number of thioether (sulfide) groups is 1. The molecule has 1 fully saturated rings. The van der Waals surface area contributed by atoms with Gasteiger partial charge in [-0.05, 0) is 38.3 Å². The first-order valence-corrected chi connectivity index (χ1v) is 10.4. The van der Waals surface area contributed by atoms with Gasteiger partial charge in [0.05, 0.1) is 24.0 Å². The van der Waals surface area contributed by atoms with Gasteiger partial charge in [-0.25, -0.2) is 4.98 Å². The van der Waals surface area contributed by atoms with Crippen LogP contribution in [0.1, 0.15) is 32.6 Å². The van der Waals surface area contributed by atoms with Gasteiger partial charge in [-0.1, -0.05) is 11.8 Å². The highest BCUT2D eigenvalue weighted by molar-refractivity contribution is 8.00. The molecule has 0 bridgehead atoms. The minimum Gasteiger partial charge on any atom is -0.466 e. The van der Waals surface area contributed by atoms with Crippen LogP contribution in [0.15, 0.2) is 23.4 Å². The maximum atomic E-state index is 12.5. The largest absolute Gasteiger partial charge is 0.466 e. The molecule has 0 radical (unpaired) electrons. The Kier molecular flexibility index (Phi) is 6.71. The van der Waals surface area contributed by atoms with E-state index in [9.17, 15) is 14.4 Å². The highest BCUT2D eigenvalue weighted by Gasteiger charge is 2.30. The SMILES string of the molecule is CCOC(=O)[C@H]1CCCN(C(=O)CCCN2C(=O)CSc3ncccc32)C1. The molecule has 0 saturated carbocycles. The van der Waals surface area contributed by atoms with Crippen LogP contribution >= 0.6 is 11.8 Å². The lowest BCUT2D eigenvalue weighted by Gasteiger charge is -2.32. The van der Waals surface area contributed by atoms with Crippen molar-refractivity contribution in [3.05, 3.63) is 18.3 Å². The average molecular weight is 391 g/mol. The Morgan fingerprint density at radius 2 is 2.26 bits per heavy atom. The monoisotopic (exact) mass is 391 g/mol. The van der Waals surface area contributed by atoms with Gasteiger partial charge in [-0.2, -0.15) is 0 Å². The molecule has 3 rings (SSSR count). The summed E-state index contributed by atoms with van der Waals surface area (Å²) >= 11 is 1.45. The lowest BCUT2D eigenvalue weighted by Crippen LogP contribution is -2.43. The molecule has 1 aromatic rings. The first-order chi connectivity index (χ1) is 13.1. The number of nitrogens with zero attached hydrogens (tertiary/aromatic N) is 3. The number of hydrogen-bond donors (Lipinski definition) is 0. The normalized spacial score (nSPS) is 19.6. The molecule has 2 aliphatic rings. The number of ether oxygens (including phenoxy) is 1. The second-order valence-corrected chi connectivity index (χ2v) is 7.66. The number of piperidine rings is 1. The van der Waals surface area contributed by atoms with Crippen LogP contribution in [0.3, 0.4) is 0 Å². The zero-order chi connectivity index (χ0) is 19.2. The van der Waals surface area contributed by atoms with Crippen LogP contribution in [-0.2, 0) is 19.1 Å². The molecule has 146 valence electrons. The van der Waals surface area contributed by atoms with Gasteiger partial charge in [0.15, 0.2) is 0 Å². The van der Waals surface area contributed by atoms with E-state index in [1.54, 1.807) is 22.9 Å². The lowest BCUT2D eigenvalue weighted by molar-refractivity contribution is -0.151. The van der Waals surface area contributed by atoms with Crippen LogP contribution in [0, 0.1) is 5.92 Å². The summed E-state index contributed by atoms with van der Waals surface area (Å²) in [6, 6.07) is 3.71. The fourth-order valence-electron chi connectivity index (χ4n) is 3.49. The number of aromatic nitrogens is 1. The third-order valence-electron chi connectivity index (χ3n) is 4.84. The molecule has 0 unspecified atom stereocenters. The Balaban J connectivity index is 1.51. The van der Waals surface area contributed by atoms with Crippen LogP contribution in [0.2, 0.25) is 0 Å². The van der Waals surface area contributed by atoms with E-state index in [0.29, 0.717) is 44.8 Å². The topological polar surface area (TPSA) is 79.8 Å². The van der Waals surface area contributed by atoms with E-state index in [4.69, 9.17) is 4.74 Å². The molecular weight excluding hydrogens is 366 g/mol. The third-order valence-corrected chi connectivity index (χ3v) is 5.82. The Hall–Kier alpha value is -2.09. The second kappa shape index (κ2) is 9.21. The molecule has 2 aliphatic heterocycles. The summed E-state index contributed by atoms with van der Waals surface area (Å²) < 4.78 is 5.09. The number of amides is 2. The number of anilines is 1. The van der Waals surface area contributed by atoms with E-state index < -0.39 is 0 Å². The Morgan fingerprint density at radius 1 is 1.41 bits per heavy atom. The van der Waals surface area contributed by atoms with Gasteiger partial charge in [0.1, 0.15) is 5.03 Å². The number of carbonyl (C=O) groups excluding carboxylic acids is 3. The van der Waals surface area contributed by atoms with Crippen LogP contribution in [0.4, 0.5) is 5.69 Å². The number of esters is 1. The molecule has 1 atom stereocenters. The lowest BCUT2D eigenvalue weighted by atomic mass is 9.98. The number of pyridine rings is 1. The summed E-state index contributed by atoms with van der Waals surface area (Å²) in [5.74, 6) is 0.0324.